The lowest BCUT2D eigenvalue weighted by atomic mass is 10.0. The first-order chi connectivity index (χ1) is 9.15. The molecule has 1 aromatic carbocycles. The van der Waals surface area contributed by atoms with Gasteiger partial charge < -0.3 is 15.2 Å². The van der Waals surface area contributed by atoms with E-state index in [1.807, 2.05) is 12.1 Å². The predicted octanol–water partition coefficient (Wildman–Crippen LogP) is 2.66. The van der Waals surface area contributed by atoms with E-state index in [0.29, 0.717) is 23.2 Å². The Kier molecular flexibility index (Phi) is 4.53. The molecule has 1 saturated heterocycles. The first kappa shape index (κ1) is 14.0. The predicted molar refractivity (Wildman–Crippen MR) is 77.7 cm³/mol. The second kappa shape index (κ2) is 6.15. The molecular formula is C15H24N2O2. The van der Waals surface area contributed by atoms with Crippen molar-refractivity contribution < 1.29 is 9.47 Å². The number of piperidine rings is 1. The molecular weight excluding hydrogens is 240 g/mol. The van der Waals surface area contributed by atoms with Gasteiger partial charge >= 0.3 is 0 Å². The maximum absolute atomic E-state index is 6.02. The second-order valence-electron chi connectivity index (χ2n) is 5.24. The highest BCUT2D eigenvalue weighted by atomic mass is 16.5. The Hall–Kier alpha value is -1.42. The Balaban J connectivity index is 2.18. The molecule has 1 unspecified atom stereocenters. The molecule has 0 spiro atoms. The van der Waals surface area contributed by atoms with Crippen LogP contribution >= 0.6 is 0 Å². The van der Waals surface area contributed by atoms with E-state index >= 15 is 0 Å². The van der Waals surface area contributed by atoms with Gasteiger partial charge in [-0.2, -0.15) is 0 Å². The van der Waals surface area contributed by atoms with Crippen LogP contribution in [0.5, 0.6) is 11.5 Å². The van der Waals surface area contributed by atoms with Crippen LogP contribution in [0.15, 0.2) is 12.1 Å². The number of nitrogen functional groups attached to an aromatic ring is 1. The van der Waals surface area contributed by atoms with Crippen molar-refractivity contribution in [2.45, 2.75) is 38.8 Å². The van der Waals surface area contributed by atoms with Gasteiger partial charge in [0.25, 0.3) is 0 Å². The van der Waals surface area contributed by atoms with E-state index in [2.05, 4.69) is 11.8 Å². The third-order valence-corrected chi connectivity index (χ3v) is 3.89. The van der Waals surface area contributed by atoms with Crippen LogP contribution in [-0.4, -0.2) is 31.7 Å². The maximum atomic E-state index is 6.02. The number of methoxy groups -OCH3 is 2. The van der Waals surface area contributed by atoms with Crippen molar-refractivity contribution in [2.75, 3.05) is 26.5 Å². The summed E-state index contributed by atoms with van der Waals surface area (Å²) in [7, 11) is 3.26. The SMILES string of the molecule is COc1cc(CN2CCCCC2C)cc(N)c1OC. The molecule has 2 rings (SSSR count). The summed E-state index contributed by atoms with van der Waals surface area (Å²) in [5.41, 5.74) is 7.85. The van der Waals surface area contributed by atoms with Gasteiger partial charge in [0.2, 0.25) is 0 Å². The molecule has 0 aromatic heterocycles. The van der Waals surface area contributed by atoms with E-state index in [4.69, 9.17) is 15.2 Å². The molecule has 2 N–H and O–H groups in total. The Morgan fingerprint density at radius 3 is 2.68 bits per heavy atom. The minimum atomic E-state index is 0.623. The molecule has 1 aliphatic rings. The third kappa shape index (κ3) is 3.13. The van der Waals surface area contributed by atoms with Crippen molar-refractivity contribution in [3.05, 3.63) is 17.7 Å². The van der Waals surface area contributed by atoms with Crippen LogP contribution < -0.4 is 15.2 Å². The molecule has 19 heavy (non-hydrogen) atoms. The third-order valence-electron chi connectivity index (χ3n) is 3.89. The zero-order valence-electron chi connectivity index (χ0n) is 12.1. The van der Waals surface area contributed by atoms with Gasteiger partial charge in [-0.05, 0) is 44.0 Å². The lowest BCUT2D eigenvalue weighted by Crippen LogP contribution is -2.36. The van der Waals surface area contributed by atoms with Crippen LogP contribution in [0.2, 0.25) is 0 Å². The first-order valence-electron chi connectivity index (χ1n) is 6.90. The minimum Gasteiger partial charge on any atom is -0.493 e. The van der Waals surface area contributed by atoms with Crippen LogP contribution in [-0.2, 0) is 6.54 Å². The summed E-state index contributed by atoms with van der Waals surface area (Å²) in [6.07, 6.45) is 3.90. The van der Waals surface area contributed by atoms with Gasteiger partial charge in [0.15, 0.2) is 11.5 Å². The fraction of sp³-hybridized carbons (Fsp3) is 0.600. The zero-order valence-corrected chi connectivity index (χ0v) is 12.1. The van der Waals surface area contributed by atoms with E-state index < -0.39 is 0 Å². The number of hydrogen-bond acceptors (Lipinski definition) is 4. The molecule has 1 aromatic rings. The molecule has 0 aliphatic carbocycles. The average Bonchev–Trinajstić information content (AvgIpc) is 2.40. The smallest absolute Gasteiger partial charge is 0.183 e. The van der Waals surface area contributed by atoms with Crippen LogP contribution in [0, 0.1) is 0 Å². The number of ether oxygens (including phenoxy) is 2. The molecule has 0 bridgehead atoms. The fourth-order valence-electron chi connectivity index (χ4n) is 2.77. The van der Waals surface area contributed by atoms with E-state index in [9.17, 15) is 0 Å². The quantitative estimate of drug-likeness (QED) is 0.849. The van der Waals surface area contributed by atoms with Crippen molar-refractivity contribution in [1.29, 1.82) is 0 Å². The fourth-order valence-corrected chi connectivity index (χ4v) is 2.77. The molecule has 0 radical (unpaired) electrons. The van der Waals surface area contributed by atoms with Crippen molar-refractivity contribution in [3.63, 3.8) is 0 Å². The summed E-state index contributed by atoms with van der Waals surface area (Å²) >= 11 is 0. The van der Waals surface area contributed by atoms with E-state index in [-0.39, 0.29) is 0 Å². The van der Waals surface area contributed by atoms with E-state index in [0.717, 1.165) is 13.1 Å². The van der Waals surface area contributed by atoms with Gasteiger partial charge in [0.05, 0.1) is 19.9 Å². The topological polar surface area (TPSA) is 47.7 Å². The number of hydrogen-bond donors (Lipinski definition) is 1. The molecule has 1 aliphatic heterocycles. The Bertz CT molecular complexity index is 434. The maximum Gasteiger partial charge on any atom is 0.183 e. The highest BCUT2D eigenvalue weighted by molar-refractivity contribution is 5.62. The average molecular weight is 264 g/mol. The summed E-state index contributed by atoms with van der Waals surface area (Å²) in [6, 6.07) is 4.65. The molecule has 4 heteroatoms. The van der Waals surface area contributed by atoms with Crippen molar-refractivity contribution in [3.8, 4) is 11.5 Å². The summed E-state index contributed by atoms with van der Waals surface area (Å²) < 4.78 is 10.6. The zero-order chi connectivity index (χ0) is 13.8. The lowest BCUT2D eigenvalue weighted by molar-refractivity contribution is 0.152. The number of nitrogens with two attached hydrogens (primary N) is 1. The number of anilines is 1. The summed E-state index contributed by atoms with van der Waals surface area (Å²) in [4.78, 5) is 2.50. The van der Waals surface area contributed by atoms with Crippen molar-refractivity contribution >= 4 is 5.69 Å². The standard InChI is InChI=1S/C15H24N2O2/c1-11-6-4-5-7-17(11)10-12-8-13(16)15(19-3)14(9-12)18-2/h8-9,11H,4-7,10,16H2,1-3H3. The molecule has 1 atom stereocenters. The summed E-state index contributed by atoms with van der Waals surface area (Å²) in [5, 5.41) is 0. The number of nitrogens with zero attached hydrogens (tertiary/aromatic N) is 1. The summed E-state index contributed by atoms with van der Waals surface area (Å²) in [5.74, 6) is 1.33. The second-order valence-corrected chi connectivity index (χ2v) is 5.24. The molecule has 0 saturated carbocycles. The van der Waals surface area contributed by atoms with Crippen LogP contribution in [0.3, 0.4) is 0 Å². The molecule has 106 valence electrons. The van der Waals surface area contributed by atoms with Gasteiger partial charge in [-0.3, -0.25) is 4.90 Å². The van der Waals surface area contributed by atoms with Crippen molar-refractivity contribution in [1.82, 2.24) is 4.90 Å². The number of rotatable bonds is 4. The van der Waals surface area contributed by atoms with Gasteiger partial charge in [-0.1, -0.05) is 6.42 Å². The molecule has 4 nitrogen and oxygen atoms in total. The van der Waals surface area contributed by atoms with Crippen LogP contribution in [0.25, 0.3) is 0 Å². The Morgan fingerprint density at radius 2 is 2.05 bits per heavy atom. The van der Waals surface area contributed by atoms with Gasteiger partial charge in [-0.15, -0.1) is 0 Å². The minimum absolute atomic E-state index is 0.623. The Labute approximate surface area is 115 Å². The number of likely N-dealkylation sites (tertiary alicyclic amines) is 1. The highest BCUT2D eigenvalue weighted by Gasteiger charge is 2.19. The summed E-state index contributed by atoms with van der Waals surface area (Å²) in [6.45, 7) is 4.38. The molecule has 0 amide bonds. The van der Waals surface area contributed by atoms with Gasteiger partial charge in [-0.25, -0.2) is 0 Å². The van der Waals surface area contributed by atoms with Crippen LogP contribution in [0.4, 0.5) is 5.69 Å². The van der Waals surface area contributed by atoms with Gasteiger partial charge in [0.1, 0.15) is 0 Å². The van der Waals surface area contributed by atoms with E-state index in [1.165, 1.54) is 24.8 Å². The normalized spacial score (nSPS) is 20.3. The first-order valence-corrected chi connectivity index (χ1v) is 6.90. The lowest BCUT2D eigenvalue weighted by Gasteiger charge is -2.33. The van der Waals surface area contributed by atoms with Crippen LogP contribution in [0.1, 0.15) is 31.7 Å². The van der Waals surface area contributed by atoms with E-state index in [1.54, 1.807) is 14.2 Å². The van der Waals surface area contributed by atoms with Crippen molar-refractivity contribution in [2.24, 2.45) is 0 Å². The van der Waals surface area contributed by atoms with Gasteiger partial charge in [0, 0.05) is 12.6 Å². The number of benzene rings is 1. The largest absolute Gasteiger partial charge is 0.493 e. The monoisotopic (exact) mass is 264 g/mol. The molecule has 1 fully saturated rings. The molecule has 1 heterocycles. The Morgan fingerprint density at radius 1 is 1.26 bits per heavy atom. The highest BCUT2D eigenvalue weighted by Crippen LogP contribution is 2.35.